The maximum Gasteiger partial charge on any atom is 0.416 e. The third-order valence-corrected chi connectivity index (χ3v) is 4.05. The van der Waals surface area contributed by atoms with Gasteiger partial charge in [0, 0.05) is 6.07 Å². The van der Waals surface area contributed by atoms with Gasteiger partial charge in [0.25, 0.3) is 5.56 Å². The van der Waals surface area contributed by atoms with Crippen LogP contribution in [0, 0.1) is 0 Å². The molecule has 0 unspecified atom stereocenters. The van der Waals surface area contributed by atoms with Crippen molar-refractivity contribution in [1.82, 2.24) is 10.2 Å². The molecule has 0 radical (unpaired) electrons. The third-order valence-electron chi connectivity index (χ3n) is 2.40. The normalized spacial score (nSPS) is 12.3. The standard InChI is InChI=1S/C11H7F3N2O3S/c12-11(13,14)7-2-1-3-8(6-7)20(18,19)10-5-4-9(17)15-16-10/h1-6H,(H,15,17). The summed E-state index contributed by atoms with van der Waals surface area (Å²) in [5, 5.41) is 4.69. The molecule has 0 saturated heterocycles. The Morgan fingerprint density at radius 3 is 2.35 bits per heavy atom. The SMILES string of the molecule is O=c1ccc(S(=O)(=O)c2cccc(C(F)(F)F)c2)n[nH]1. The maximum absolute atomic E-state index is 12.6. The van der Waals surface area contributed by atoms with Crippen LogP contribution in [-0.4, -0.2) is 18.6 Å². The van der Waals surface area contributed by atoms with Crippen molar-refractivity contribution in [2.24, 2.45) is 0 Å². The Morgan fingerprint density at radius 1 is 1.10 bits per heavy atom. The van der Waals surface area contributed by atoms with Crippen LogP contribution in [0.5, 0.6) is 0 Å². The number of benzene rings is 1. The first-order valence-electron chi connectivity index (χ1n) is 5.19. The van der Waals surface area contributed by atoms with Crippen molar-refractivity contribution >= 4 is 9.84 Å². The van der Waals surface area contributed by atoms with E-state index in [0.717, 1.165) is 30.3 Å². The smallest absolute Gasteiger partial charge is 0.268 e. The number of nitrogens with one attached hydrogen (secondary N) is 1. The Morgan fingerprint density at radius 2 is 1.80 bits per heavy atom. The molecular formula is C11H7F3N2O3S. The molecule has 2 aromatic rings. The van der Waals surface area contributed by atoms with Gasteiger partial charge in [-0.3, -0.25) is 4.79 Å². The van der Waals surface area contributed by atoms with E-state index in [1.165, 1.54) is 0 Å². The predicted molar refractivity (Wildman–Crippen MR) is 61.8 cm³/mol. The second kappa shape index (κ2) is 4.75. The molecule has 1 heterocycles. The first kappa shape index (κ1) is 14.3. The Kier molecular flexibility index (Phi) is 3.38. The minimum atomic E-state index is -4.65. The van der Waals surface area contributed by atoms with E-state index >= 15 is 0 Å². The number of nitrogens with zero attached hydrogens (tertiary/aromatic N) is 1. The molecule has 0 amide bonds. The molecule has 0 atom stereocenters. The Bertz CT molecular complexity index is 777. The predicted octanol–water partition coefficient (Wildman–Crippen LogP) is 1.62. The van der Waals surface area contributed by atoms with Crippen molar-refractivity contribution in [1.29, 1.82) is 0 Å². The van der Waals surface area contributed by atoms with Crippen LogP contribution in [0.2, 0.25) is 0 Å². The molecule has 0 saturated carbocycles. The number of alkyl halides is 3. The van der Waals surface area contributed by atoms with Gasteiger partial charge in [0.1, 0.15) is 0 Å². The maximum atomic E-state index is 12.6. The highest BCUT2D eigenvalue weighted by Crippen LogP contribution is 2.31. The van der Waals surface area contributed by atoms with Gasteiger partial charge in [-0.05, 0) is 24.3 Å². The van der Waals surface area contributed by atoms with E-state index < -0.39 is 37.1 Å². The van der Waals surface area contributed by atoms with E-state index in [0.29, 0.717) is 6.07 Å². The van der Waals surface area contributed by atoms with Gasteiger partial charge in [-0.1, -0.05) is 6.07 Å². The van der Waals surface area contributed by atoms with Crippen molar-refractivity contribution < 1.29 is 21.6 Å². The molecule has 0 bridgehead atoms. The van der Waals surface area contributed by atoms with Crippen LogP contribution in [0.15, 0.2) is 51.1 Å². The van der Waals surface area contributed by atoms with Crippen LogP contribution in [0.25, 0.3) is 0 Å². The Hall–Kier alpha value is -2.16. The fourth-order valence-electron chi connectivity index (χ4n) is 1.44. The van der Waals surface area contributed by atoms with Crippen molar-refractivity contribution in [3.05, 3.63) is 52.3 Å². The van der Waals surface area contributed by atoms with Gasteiger partial charge < -0.3 is 0 Å². The summed E-state index contributed by atoms with van der Waals surface area (Å²) in [6.45, 7) is 0. The monoisotopic (exact) mass is 304 g/mol. The number of rotatable bonds is 2. The molecule has 5 nitrogen and oxygen atoms in total. The minimum Gasteiger partial charge on any atom is -0.268 e. The highest BCUT2D eigenvalue weighted by molar-refractivity contribution is 7.91. The molecule has 0 aliphatic heterocycles. The highest BCUT2D eigenvalue weighted by atomic mass is 32.2. The van der Waals surface area contributed by atoms with Crippen molar-refractivity contribution in [2.75, 3.05) is 0 Å². The molecule has 1 aromatic heterocycles. The number of hydrogen-bond donors (Lipinski definition) is 1. The summed E-state index contributed by atoms with van der Waals surface area (Å²) in [7, 11) is -4.22. The Balaban J connectivity index is 2.55. The van der Waals surface area contributed by atoms with Crippen LogP contribution >= 0.6 is 0 Å². The molecule has 1 N–H and O–H groups in total. The second-order valence-electron chi connectivity index (χ2n) is 3.79. The number of aromatic amines is 1. The summed E-state index contributed by atoms with van der Waals surface area (Å²) >= 11 is 0. The topological polar surface area (TPSA) is 79.9 Å². The summed E-state index contributed by atoms with van der Waals surface area (Å²) in [4.78, 5) is 10.3. The van der Waals surface area contributed by atoms with Gasteiger partial charge in [-0.15, -0.1) is 0 Å². The summed E-state index contributed by atoms with van der Waals surface area (Å²) < 4.78 is 61.8. The van der Waals surface area contributed by atoms with Gasteiger partial charge >= 0.3 is 6.18 Å². The molecule has 1 aromatic carbocycles. The number of halogens is 3. The van der Waals surface area contributed by atoms with Crippen LogP contribution in [-0.2, 0) is 16.0 Å². The van der Waals surface area contributed by atoms with Crippen LogP contribution in [0.1, 0.15) is 5.56 Å². The lowest BCUT2D eigenvalue weighted by Crippen LogP contribution is -2.13. The first-order chi connectivity index (χ1) is 9.21. The number of H-pyrrole nitrogens is 1. The van der Waals surface area contributed by atoms with Crippen molar-refractivity contribution in [3.8, 4) is 0 Å². The zero-order valence-corrected chi connectivity index (χ0v) is 10.5. The average Bonchev–Trinajstić information content (AvgIpc) is 2.38. The van der Waals surface area contributed by atoms with Crippen LogP contribution in [0.4, 0.5) is 13.2 Å². The van der Waals surface area contributed by atoms with Crippen molar-refractivity contribution in [3.63, 3.8) is 0 Å². The lowest BCUT2D eigenvalue weighted by molar-refractivity contribution is -0.137. The largest absolute Gasteiger partial charge is 0.416 e. The van der Waals surface area contributed by atoms with Crippen LogP contribution < -0.4 is 5.56 Å². The summed E-state index contributed by atoms with van der Waals surface area (Å²) in [6, 6.07) is 5.14. The molecule has 0 aliphatic rings. The van der Waals surface area contributed by atoms with E-state index in [1.807, 2.05) is 5.10 Å². The lowest BCUT2D eigenvalue weighted by Gasteiger charge is -2.08. The minimum absolute atomic E-state index is 0.516. The van der Waals surface area contributed by atoms with E-state index in [-0.39, 0.29) is 0 Å². The summed E-state index contributed by atoms with van der Waals surface area (Å²) in [6.07, 6.45) is -4.65. The van der Waals surface area contributed by atoms with Crippen LogP contribution in [0.3, 0.4) is 0 Å². The first-order valence-corrected chi connectivity index (χ1v) is 6.68. The van der Waals surface area contributed by atoms with E-state index in [1.54, 1.807) is 0 Å². The summed E-state index contributed by atoms with van der Waals surface area (Å²) in [5.74, 6) is 0. The highest BCUT2D eigenvalue weighted by Gasteiger charge is 2.32. The molecular weight excluding hydrogens is 297 g/mol. The number of sulfone groups is 1. The Labute approximate surface area is 111 Å². The molecule has 2 rings (SSSR count). The number of aromatic nitrogens is 2. The fraction of sp³-hybridized carbons (Fsp3) is 0.0909. The van der Waals surface area contributed by atoms with Gasteiger partial charge in [-0.2, -0.15) is 18.3 Å². The van der Waals surface area contributed by atoms with Gasteiger partial charge in [-0.25, -0.2) is 13.5 Å². The number of hydrogen-bond acceptors (Lipinski definition) is 4. The molecule has 0 fully saturated rings. The average molecular weight is 304 g/mol. The summed E-state index contributed by atoms with van der Waals surface area (Å²) in [5.41, 5.74) is -1.70. The second-order valence-corrected chi connectivity index (χ2v) is 5.69. The van der Waals surface area contributed by atoms with Gasteiger partial charge in [0.05, 0.1) is 10.5 Å². The molecule has 9 heteroatoms. The van der Waals surface area contributed by atoms with Crippen molar-refractivity contribution in [2.45, 2.75) is 16.1 Å². The zero-order chi connectivity index (χ0) is 15.0. The zero-order valence-electron chi connectivity index (χ0n) is 9.68. The van der Waals surface area contributed by atoms with E-state index in [9.17, 15) is 26.4 Å². The van der Waals surface area contributed by atoms with E-state index in [4.69, 9.17) is 0 Å². The quantitative estimate of drug-likeness (QED) is 0.914. The van der Waals surface area contributed by atoms with Gasteiger partial charge in [0.15, 0.2) is 5.03 Å². The third kappa shape index (κ3) is 2.72. The lowest BCUT2D eigenvalue weighted by atomic mass is 10.2. The van der Waals surface area contributed by atoms with Gasteiger partial charge in [0.2, 0.25) is 9.84 Å². The van der Waals surface area contributed by atoms with E-state index in [2.05, 4.69) is 5.10 Å². The molecule has 106 valence electrons. The molecule has 0 spiro atoms. The molecule has 0 aliphatic carbocycles. The molecule has 20 heavy (non-hydrogen) atoms. The fourth-order valence-corrected chi connectivity index (χ4v) is 2.64.